The van der Waals surface area contributed by atoms with Gasteiger partial charge < -0.3 is 14.8 Å². The van der Waals surface area contributed by atoms with E-state index in [4.69, 9.17) is 39.1 Å². The van der Waals surface area contributed by atoms with Gasteiger partial charge in [0.2, 0.25) is 0 Å². The van der Waals surface area contributed by atoms with Crippen LogP contribution in [0, 0.1) is 23.7 Å². The summed E-state index contributed by atoms with van der Waals surface area (Å²) in [6.45, 7) is 0.0260. The van der Waals surface area contributed by atoms with Crippen LogP contribution in [0.2, 0.25) is 10.0 Å². The van der Waals surface area contributed by atoms with Gasteiger partial charge in [0, 0.05) is 10.7 Å². The minimum Gasteiger partial charge on any atom is -0.493 e. The van der Waals surface area contributed by atoms with Crippen molar-refractivity contribution >= 4 is 40.9 Å². The molecule has 136 valence electrons. The molecule has 0 fully saturated rings. The van der Waals surface area contributed by atoms with Gasteiger partial charge in [0.25, 0.3) is 5.91 Å². The highest BCUT2D eigenvalue weighted by Gasteiger charge is 2.14. The zero-order valence-corrected chi connectivity index (χ0v) is 15.8. The molecule has 0 bridgehead atoms. The monoisotopic (exact) mass is 400 g/mol. The Balaban J connectivity index is 2.29. The summed E-state index contributed by atoms with van der Waals surface area (Å²) < 4.78 is 10.6. The van der Waals surface area contributed by atoms with E-state index in [0.29, 0.717) is 27.8 Å². The molecule has 0 aliphatic rings. The molecule has 7 heteroatoms. The second-order valence-corrected chi connectivity index (χ2v) is 6.00. The molecule has 0 heterocycles. The molecular formula is C20H14Cl2N2O3. The molecule has 0 aliphatic heterocycles. The Morgan fingerprint density at radius 2 is 2.00 bits per heavy atom. The first kappa shape index (κ1) is 20.2. The second kappa shape index (κ2) is 9.54. The maximum absolute atomic E-state index is 12.3. The highest BCUT2D eigenvalue weighted by molar-refractivity contribution is 6.32. The zero-order chi connectivity index (χ0) is 19.8. The van der Waals surface area contributed by atoms with E-state index in [-0.39, 0.29) is 17.2 Å². The molecule has 1 amide bonds. The Kier molecular flexibility index (Phi) is 7.14. The van der Waals surface area contributed by atoms with E-state index < -0.39 is 5.91 Å². The van der Waals surface area contributed by atoms with Crippen LogP contribution >= 0.6 is 23.2 Å². The fraction of sp³-hybridized carbons (Fsp3) is 0.100. The number of methoxy groups -OCH3 is 1. The van der Waals surface area contributed by atoms with Crippen LogP contribution in [0.5, 0.6) is 11.5 Å². The number of amides is 1. The maximum Gasteiger partial charge on any atom is 0.266 e. The van der Waals surface area contributed by atoms with Crippen molar-refractivity contribution in [3.8, 4) is 29.9 Å². The molecule has 27 heavy (non-hydrogen) atoms. The van der Waals surface area contributed by atoms with Gasteiger partial charge in [0.05, 0.1) is 12.1 Å². The summed E-state index contributed by atoms with van der Waals surface area (Å²) in [6, 6.07) is 11.5. The number of rotatable bonds is 6. The number of nitrogens with one attached hydrogen (secondary N) is 1. The lowest BCUT2D eigenvalue weighted by molar-refractivity contribution is -0.112. The van der Waals surface area contributed by atoms with Crippen LogP contribution in [0.15, 0.2) is 42.0 Å². The Bertz CT molecular complexity index is 955. The molecule has 0 unspecified atom stereocenters. The van der Waals surface area contributed by atoms with Crippen molar-refractivity contribution in [1.82, 2.24) is 0 Å². The number of benzene rings is 2. The third kappa shape index (κ3) is 5.43. The summed E-state index contributed by atoms with van der Waals surface area (Å²) in [7, 11) is 1.44. The van der Waals surface area contributed by atoms with Crippen LogP contribution in [-0.4, -0.2) is 19.6 Å². The molecule has 2 rings (SSSR count). The third-order valence-electron chi connectivity index (χ3n) is 3.33. The van der Waals surface area contributed by atoms with Gasteiger partial charge in [-0.25, -0.2) is 0 Å². The summed E-state index contributed by atoms with van der Waals surface area (Å²) >= 11 is 12.0. The van der Waals surface area contributed by atoms with Gasteiger partial charge in [-0.3, -0.25) is 4.79 Å². The first-order chi connectivity index (χ1) is 13.0. The van der Waals surface area contributed by atoms with Crippen molar-refractivity contribution in [3.63, 3.8) is 0 Å². The zero-order valence-electron chi connectivity index (χ0n) is 14.3. The average Bonchev–Trinajstić information content (AvgIpc) is 2.66. The van der Waals surface area contributed by atoms with E-state index in [0.717, 1.165) is 0 Å². The van der Waals surface area contributed by atoms with E-state index >= 15 is 0 Å². The van der Waals surface area contributed by atoms with E-state index in [1.54, 1.807) is 36.4 Å². The number of terminal acetylenes is 1. The Morgan fingerprint density at radius 3 is 2.59 bits per heavy atom. The molecular weight excluding hydrogens is 387 g/mol. The van der Waals surface area contributed by atoms with Crippen LogP contribution in [0.3, 0.4) is 0 Å². The molecule has 0 radical (unpaired) electrons. The van der Waals surface area contributed by atoms with Gasteiger partial charge in [0.1, 0.15) is 18.2 Å². The summed E-state index contributed by atoms with van der Waals surface area (Å²) in [5.74, 6) is 2.40. The highest BCUT2D eigenvalue weighted by Crippen LogP contribution is 2.37. The van der Waals surface area contributed by atoms with E-state index in [1.165, 1.54) is 13.2 Å². The number of carbonyl (C=O) groups is 1. The summed E-state index contributed by atoms with van der Waals surface area (Å²) in [5.41, 5.74) is 0.896. The first-order valence-electron chi connectivity index (χ1n) is 7.61. The Morgan fingerprint density at radius 1 is 1.30 bits per heavy atom. The number of anilines is 1. The van der Waals surface area contributed by atoms with E-state index in [9.17, 15) is 10.1 Å². The minimum absolute atomic E-state index is 0.0260. The van der Waals surface area contributed by atoms with Crippen LogP contribution < -0.4 is 14.8 Å². The molecule has 2 aromatic carbocycles. The van der Waals surface area contributed by atoms with Crippen LogP contribution in [0.1, 0.15) is 5.56 Å². The topological polar surface area (TPSA) is 71.3 Å². The largest absolute Gasteiger partial charge is 0.493 e. The highest BCUT2D eigenvalue weighted by atomic mass is 35.5. The van der Waals surface area contributed by atoms with Crippen molar-refractivity contribution in [2.75, 3.05) is 19.0 Å². The van der Waals surface area contributed by atoms with Crippen LogP contribution in [-0.2, 0) is 4.79 Å². The van der Waals surface area contributed by atoms with Gasteiger partial charge >= 0.3 is 0 Å². The van der Waals surface area contributed by atoms with Gasteiger partial charge in [0.15, 0.2) is 11.5 Å². The van der Waals surface area contributed by atoms with Crippen LogP contribution in [0.25, 0.3) is 6.08 Å². The number of ether oxygens (including phenoxy) is 2. The fourth-order valence-corrected chi connectivity index (χ4v) is 2.52. The minimum atomic E-state index is -0.567. The molecule has 0 aliphatic carbocycles. The molecule has 0 saturated carbocycles. The molecule has 0 aromatic heterocycles. The lowest BCUT2D eigenvalue weighted by Gasteiger charge is -2.12. The number of hydrogen-bond acceptors (Lipinski definition) is 4. The molecule has 0 atom stereocenters. The smallest absolute Gasteiger partial charge is 0.266 e. The molecule has 5 nitrogen and oxygen atoms in total. The second-order valence-electron chi connectivity index (χ2n) is 5.16. The molecule has 2 aromatic rings. The van der Waals surface area contributed by atoms with Crippen molar-refractivity contribution < 1.29 is 14.3 Å². The van der Waals surface area contributed by atoms with Crippen molar-refractivity contribution in [2.24, 2.45) is 0 Å². The van der Waals surface area contributed by atoms with Crippen molar-refractivity contribution in [3.05, 3.63) is 57.6 Å². The SMILES string of the molecule is C#CCOc1c(Cl)cc(/C=C(/C#N)C(=O)Nc2ccc(Cl)cc2)cc1OC. The van der Waals surface area contributed by atoms with Crippen molar-refractivity contribution in [1.29, 1.82) is 5.26 Å². The first-order valence-corrected chi connectivity index (χ1v) is 8.36. The summed E-state index contributed by atoms with van der Waals surface area (Å²) in [6.07, 6.45) is 6.57. The van der Waals surface area contributed by atoms with E-state index in [1.807, 2.05) is 6.07 Å². The molecule has 0 spiro atoms. The van der Waals surface area contributed by atoms with Gasteiger partial charge in [-0.1, -0.05) is 29.1 Å². The third-order valence-corrected chi connectivity index (χ3v) is 3.86. The average molecular weight is 401 g/mol. The fourth-order valence-electron chi connectivity index (χ4n) is 2.12. The van der Waals surface area contributed by atoms with Crippen molar-refractivity contribution in [2.45, 2.75) is 0 Å². The molecule has 1 N–H and O–H groups in total. The quantitative estimate of drug-likeness (QED) is 0.438. The van der Waals surface area contributed by atoms with Gasteiger partial charge in [-0.2, -0.15) is 5.26 Å². The number of carbonyl (C=O) groups excluding carboxylic acids is 1. The summed E-state index contributed by atoms with van der Waals surface area (Å²) in [5, 5.41) is 12.7. The number of halogens is 2. The normalized spacial score (nSPS) is 10.5. The predicted molar refractivity (Wildman–Crippen MR) is 106 cm³/mol. The number of nitrogens with zero attached hydrogens (tertiary/aromatic N) is 1. The number of hydrogen-bond donors (Lipinski definition) is 1. The lowest BCUT2D eigenvalue weighted by atomic mass is 10.1. The lowest BCUT2D eigenvalue weighted by Crippen LogP contribution is -2.13. The Hall–Kier alpha value is -3.12. The van der Waals surface area contributed by atoms with Gasteiger partial charge in [-0.05, 0) is 48.0 Å². The maximum atomic E-state index is 12.3. The van der Waals surface area contributed by atoms with E-state index in [2.05, 4.69) is 11.2 Å². The Labute approximate surface area is 167 Å². The standard InChI is InChI=1S/C20H14Cl2N2O3/c1-3-8-27-19-17(22)10-13(11-18(19)26-2)9-14(12-23)20(25)24-16-6-4-15(21)5-7-16/h1,4-7,9-11H,8H2,2H3,(H,24,25)/b14-9-. The molecule has 0 saturated heterocycles. The van der Waals surface area contributed by atoms with Gasteiger partial charge in [-0.15, -0.1) is 6.42 Å². The predicted octanol–water partition coefficient (Wildman–Crippen LogP) is 4.56. The number of nitriles is 1. The summed E-state index contributed by atoms with van der Waals surface area (Å²) in [4.78, 5) is 12.3. The van der Waals surface area contributed by atoms with Crippen LogP contribution in [0.4, 0.5) is 5.69 Å².